The van der Waals surface area contributed by atoms with Crippen LogP contribution in [0.2, 0.25) is 4.34 Å². The number of aromatic nitrogens is 2. The van der Waals surface area contributed by atoms with Gasteiger partial charge in [0.15, 0.2) is 0 Å². The van der Waals surface area contributed by atoms with Gasteiger partial charge in [0, 0.05) is 24.1 Å². The van der Waals surface area contributed by atoms with Crippen LogP contribution in [-0.4, -0.2) is 22.2 Å². The van der Waals surface area contributed by atoms with E-state index in [1.165, 1.54) is 48.4 Å². The lowest BCUT2D eigenvalue weighted by Gasteiger charge is -2.07. The Balaban J connectivity index is 1.38. The van der Waals surface area contributed by atoms with Gasteiger partial charge in [-0.1, -0.05) is 11.6 Å². The highest BCUT2D eigenvalue weighted by molar-refractivity contribution is 7.17. The zero-order valence-electron chi connectivity index (χ0n) is 12.2. The van der Waals surface area contributed by atoms with E-state index in [9.17, 15) is 4.79 Å². The highest BCUT2D eigenvalue weighted by Crippen LogP contribution is 2.44. The molecule has 0 saturated heterocycles. The van der Waals surface area contributed by atoms with E-state index < -0.39 is 0 Å². The zero-order chi connectivity index (χ0) is 15.1. The van der Waals surface area contributed by atoms with Gasteiger partial charge in [-0.25, -0.2) is 0 Å². The smallest absolute Gasteiger partial charge is 0.261 e. The Morgan fingerprint density at radius 2 is 2.09 bits per heavy atom. The number of amides is 1. The first-order valence-electron chi connectivity index (χ1n) is 7.82. The lowest BCUT2D eigenvalue weighted by Crippen LogP contribution is -2.27. The Morgan fingerprint density at radius 1 is 1.32 bits per heavy atom. The first-order chi connectivity index (χ1) is 10.7. The SMILES string of the molecule is O=C(NCCn1nc(C2CC2)cc1C1CC1)c1ccc(Cl)s1. The minimum Gasteiger partial charge on any atom is -0.349 e. The Hall–Kier alpha value is -1.33. The lowest BCUT2D eigenvalue weighted by atomic mass is 10.2. The number of hydrogen-bond donors (Lipinski definition) is 1. The van der Waals surface area contributed by atoms with Crippen LogP contribution in [0.1, 0.15) is 58.6 Å². The maximum Gasteiger partial charge on any atom is 0.261 e. The van der Waals surface area contributed by atoms with Gasteiger partial charge >= 0.3 is 0 Å². The van der Waals surface area contributed by atoms with Crippen LogP contribution < -0.4 is 5.32 Å². The average Bonchev–Trinajstić information content (AvgIpc) is 3.43. The first kappa shape index (κ1) is 14.3. The van der Waals surface area contributed by atoms with Crippen LogP contribution in [0.15, 0.2) is 18.2 Å². The molecule has 6 heteroatoms. The Morgan fingerprint density at radius 3 is 2.73 bits per heavy atom. The standard InChI is InChI=1S/C16H18ClN3OS/c17-15-6-5-14(22-15)16(21)18-7-8-20-13(11-3-4-11)9-12(19-20)10-1-2-10/h5-6,9-11H,1-4,7-8H2,(H,18,21). The summed E-state index contributed by atoms with van der Waals surface area (Å²) in [5.41, 5.74) is 2.61. The molecule has 116 valence electrons. The van der Waals surface area contributed by atoms with Gasteiger partial charge < -0.3 is 5.32 Å². The van der Waals surface area contributed by atoms with Crippen LogP contribution in [0, 0.1) is 0 Å². The fourth-order valence-electron chi connectivity index (χ4n) is 2.72. The van der Waals surface area contributed by atoms with Crippen molar-refractivity contribution in [2.45, 2.75) is 44.1 Å². The van der Waals surface area contributed by atoms with Gasteiger partial charge in [-0.3, -0.25) is 9.48 Å². The number of hydrogen-bond acceptors (Lipinski definition) is 3. The Kier molecular flexibility index (Phi) is 3.70. The van der Waals surface area contributed by atoms with Crippen molar-refractivity contribution < 1.29 is 4.79 Å². The molecular weight excluding hydrogens is 318 g/mol. The summed E-state index contributed by atoms with van der Waals surface area (Å²) < 4.78 is 2.75. The minimum atomic E-state index is -0.0561. The van der Waals surface area contributed by atoms with Crippen LogP contribution in [0.3, 0.4) is 0 Å². The summed E-state index contributed by atoms with van der Waals surface area (Å²) in [5.74, 6) is 1.31. The maximum atomic E-state index is 12.0. The van der Waals surface area contributed by atoms with Crippen molar-refractivity contribution in [1.82, 2.24) is 15.1 Å². The number of rotatable bonds is 6. The van der Waals surface area contributed by atoms with Gasteiger partial charge in [0.05, 0.1) is 21.5 Å². The average molecular weight is 336 g/mol. The van der Waals surface area contributed by atoms with E-state index in [1.807, 2.05) is 0 Å². The van der Waals surface area contributed by atoms with Crippen molar-refractivity contribution in [2.75, 3.05) is 6.54 Å². The molecule has 1 N–H and O–H groups in total. The highest BCUT2D eigenvalue weighted by Gasteiger charge is 2.32. The second kappa shape index (κ2) is 5.70. The molecule has 0 radical (unpaired) electrons. The molecule has 2 aliphatic carbocycles. The van der Waals surface area contributed by atoms with E-state index in [2.05, 4.69) is 16.1 Å². The molecule has 0 aliphatic heterocycles. The van der Waals surface area contributed by atoms with Crippen LogP contribution >= 0.6 is 22.9 Å². The molecule has 2 saturated carbocycles. The summed E-state index contributed by atoms with van der Waals surface area (Å²) in [6, 6.07) is 5.80. The Labute approximate surface area is 138 Å². The summed E-state index contributed by atoms with van der Waals surface area (Å²) in [4.78, 5) is 12.7. The number of nitrogens with zero attached hydrogens (tertiary/aromatic N) is 2. The molecule has 4 rings (SSSR count). The fourth-order valence-corrected chi connectivity index (χ4v) is 3.68. The van der Waals surface area contributed by atoms with Crippen LogP contribution in [0.25, 0.3) is 0 Å². The summed E-state index contributed by atoms with van der Waals surface area (Å²) in [6.45, 7) is 1.34. The second-order valence-corrected chi connectivity index (χ2v) is 7.84. The summed E-state index contributed by atoms with van der Waals surface area (Å²) in [5, 5.41) is 7.71. The van der Waals surface area contributed by atoms with Crippen molar-refractivity contribution >= 4 is 28.8 Å². The van der Waals surface area contributed by atoms with Crippen LogP contribution in [-0.2, 0) is 6.54 Å². The van der Waals surface area contributed by atoms with Crippen molar-refractivity contribution in [3.05, 3.63) is 38.8 Å². The minimum absolute atomic E-state index is 0.0561. The van der Waals surface area contributed by atoms with Crippen molar-refractivity contribution in [1.29, 1.82) is 0 Å². The number of thiophene rings is 1. The van der Waals surface area contributed by atoms with Crippen molar-refractivity contribution in [3.63, 3.8) is 0 Å². The normalized spacial score (nSPS) is 17.7. The van der Waals surface area contributed by atoms with Gasteiger partial charge in [-0.15, -0.1) is 11.3 Å². The van der Waals surface area contributed by atoms with E-state index in [0.29, 0.717) is 27.6 Å². The molecule has 0 aromatic carbocycles. The van der Waals surface area contributed by atoms with Crippen LogP contribution in [0.4, 0.5) is 0 Å². The number of nitrogens with one attached hydrogen (secondary N) is 1. The quantitative estimate of drug-likeness (QED) is 0.873. The molecule has 1 amide bonds. The summed E-state index contributed by atoms with van der Waals surface area (Å²) in [7, 11) is 0. The van der Waals surface area contributed by atoms with Crippen molar-refractivity contribution in [2.24, 2.45) is 0 Å². The topological polar surface area (TPSA) is 46.9 Å². The fraction of sp³-hybridized carbons (Fsp3) is 0.500. The Bertz CT molecular complexity index is 700. The van der Waals surface area contributed by atoms with Gasteiger partial charge in [-0.05, 0) is 43.9 Å². The van der Waals surface area contributed by atoms with Crippen molar-refractivity contribution in [3.8, 4) is 0 Å². The molecular formula is C16H18ClN3OS. The molecule has 0 atom stereocenters. The van der Waals surface area contributed by atoms with Gasteiger partial charge in [0.2, 0.25) is 0 Å². The summed E-state index contributed by atoms with van der Waals surface area (Å²) >= 11 is 7.17. The van der Waals surface area contributed by atoms with Crippen LogP contribution in [0.5, 0.6) is 0 Å². The third kappa shape index (κ3) is 3.06. The molecule has 0 bridgehead atoms. The predicted octanol–water partition coefficient (Wildman–Crippen LogP) is 3.78. The zero-order valence-corrected chi connectivity index (χ0v) is 13.8. The van der Waals surface area contributed by atoms with E-state index in [4.69, 9.17) is 16.7 Å². The van der Waals surface area contributed by atoms with E-state index in [1.54, 1.807) is 12.1 Å². The number of carbonyl (C=O) groups is 1. The van der Waals surface area contributed by atoms with E-state index >= 15 is 0 Å². The molecule has 2 aromatic heterocycles. The first-order valence-corrected chi connectivity index (χ1v) is 9.01. The molecule has 2 fully saturated rings. The number of halogens is 1. The van der Waals surface area contributed by atoms with E-state index in [-0.39, 0.29) is 5.91 Å². The molecule has 4 nitrogen and oxygen atoms in total. The second-order valence-electron chi connectivity index (χ2n) is 6.13. The summed E-state index contributed by atoms with van der Waals surface area (Å²) in [6.07, 6.45) is 5.10. The highest BCUT2D eigenvalue weighted by atomic mass is 35.5. The monoisotopic (exact) mass is 335 g/mol. The van der Waals surface area contributed by atoms with Gasteiger partial charge in [-0.2, -0.15) is 5.10 Å². The molecule has 2 heterocycles. The third-order valence-electron chi connectivity index (χ3n) is 4.23. The molecule has 2 aromatic rings. The largest absolute Gasteiger partial charge is 0.349 e. The lowest BCUT2D eigenvalue weighted by molar-refractivity contribution is 0.0956. The number of carbonyl (C=O) groups excluding carboxylic acids is 1. The molecule has 0 unspecified atom stereocenters. The van der Waals surface area contributed by atoms with Gasteiger partial charge in [0.1, 0.15) is 0 Å². The molecule has 2 aliphatic rings. The van der Waals surface area contributed by atoms with Gasteiger partial charge in [0.25, 0.3) is 5.91 Å². The third-order valence-corrected chi connectivity index (χ3v) is 5.46. The van der Waals surface area contributed by atoms with E-state index in [0.717, 1.165) is 6.54 Å². The maximum absolute atomic E-state index is 12.0. The predicted molar refractivity (Wildman–Crippen MR) is 87.8 cm³/mol. The molecule has 22 heavy (non-hydrogen) atoms. The molecule has 0 spiro atoms.